The van der Waals surface area contributed by atoms with Crippen molar-refractivity contribution in [3.05, 3.63) is 53.6 Å². The Labute approximate surface area is 149 Å². The summed E-state index contributed by atoms with van der Waals surface area (Å²) in [7, 11) is 1.70. The Morgan fingerprint density at radius 2 is 2.00 bits per heavy atom. The van der Waals surface area contributed by atoms with E-state index >= 15 is 0 Å². The van der Waals surface area contributed by atoms with Crippen molar-refractivity contribution in [2.75, 3.05) is 25.0 Å². The molecule has 0 saturated carbocycles. The van der Waals surface area contributed by atoms with Crippen LogP contribution in [0.4, 0.5) is 23.5 Å². The summed E-state index contributed by atoms with van der Waals surface area (Å²) in [6.07, 6.45) is -1.67. The number of aromatic nitrogens is 2. The van der Waals surface area contributed by atoms with Crippen LogP contribution in [0.3, 0.4) is 0 Å². The maximum absolute atomic E-state index is 13.9. The molecule has 0 bridgehead atoms. The number of rotatable bonds is 4. The molecule has 4 nitrogen and oxygen atoms in total. The summed E-state index contributed by atoms with van der Waals surface area (Å²) in [5.74, 6) is -0.193. The molecule has 1 fully saturated rings. The average Bonchev–Trinajstić information content (AvgIpc) is 2.63. The number of anilines is 1. The van der Waals surface area contributed by atoms with Crippen molar-refractivity contribution >= 4 is 5.95 Å². The van der Waals surface area contributed by atoms with Gasteiger partial charge >= 0.3 is 6.18 Å². The summed E-state index contributed by atoms with van der Waals surface area (Å²) in [5, 5.41) is 0. The smallest absolute Gasteiger partial charge is 0.340 e. The van der Waals surface area contributed by atoms with Crippen molar-refractivity contribution in [1.82, 2.24) is 14.9 Å². The van der Waals surface area contributed by atoms with Gasteiger partial charge in [-0.2, -0.15) is 13.2 Å². The zero-order chi connectivity index (χ0) is 18.7. The minimum atomic E-state index is -4.50. The predicted molar refractivity (Wildman–Crippen MR) is 90.1 cm³/mol. The van der Waals surface area contributed by atoms with Crippen LogP contribution in [0.2, 0.25) is 0 Å². The standard InChI is InChI=1S/C18H20F4N4/c1-25(17-23-9-8-16(24-17)18(20,21)22)14-6-4-10-26(12-14)11-13-5-2-3-7-15(13)19/h2-3,5,7-9,14H,4,6,10-12H2,1H3. The summed E-state index contributed by atoms with van der Waals surface area (Å²) < 4.78 is 52.4. The first-order chi connectivity index (χ1) is 12.3. The molecule has 1 unspecified atom stereocenters. The van der Waals surface area contributed by atoms with Crippen LogP contribution >= 0.6 is 0 Å². The second-order valence-corrected chi connectivity index (χ2v) is 6.47. The van der Waals surface area contributed by atoms with Crippen molar-refractivity contribution in [3.63, 3.8) is 0 Å². The number of hydrogen-bond donors (Lipinski definition) is 0. The minimum Gasteiger partial charge on any atom is -0.340 e. The predicted octanol–water partition coefficient (Wildman–Crippen LogP) is 3.74. The fraction of sp³-hybridized carbons (Fsp3) is 0.444. The van der Waals surface area contributed by atoms with E-state index in [-0.39, 0.29) is 17.8 Å². The van der Waals surface area contributed by atoms with E-state index in [1.165, 1.54) is 6.07 Å². The number of benzene rings is 1. The van der Waals surface area contributed by atoms with Crippen molar-refractivity contribution in [2.24, 2.45) is 0 Å². The van der Waals surface area contributed by atoms with Crippen LogP contribution in [-0.4, -0.2) is 41.0 Å². The SMILES string of the molecule is CN(c1nccc(C(F)(F)F)n1)C1CCCN(Cc2ccccc2F)C1. The maximum Gasteiger partial charge on any atom is 0.433 e. The maximum atomic E-state index is 13.9. The number of hydrogen-bond acceptors (Lipinski definition) is 4. The van der Waals surface area contributed by atoms with E-state index in [9.17, 15) is 17.6 Å². The molecule has 1 aliphatic rings. The summed E-state index contributed by atoms with van der Waals surface area (Å²) in [6, 6.07) is 7.46. The van der Waals surface area contributed by atoms with Gasteiger partial charge in [-0.15, -0.1) is 0 Å². The van der Waals surface area contributed by atoms with Gasteiger partial charge in [-0.3, -0.25) is 4.90 Å². The zero-order valence-electron chi connectivity index (χ0n) is 14.4. The number of likely N-dealkylation sites (tertiary alicyclic amines) is 1. The lowest BCUT2D eigenvalue weighted by atomic mass is 10.0. The van der Waals surface area contributed by atoms with Gasteiger partial charge in [0.2, 0.25) is 5.95 Å². The molecule has 0 N–H and O–H groups in total. The average molecular weight is 368 g/mol. The molecule has 0 radical (unpaired) electrons. The monoisotopic (exact) mass is 368 g/mol. The summed E-state index contributed by atoms with van der Waals surface area (Å²) in [6.45, 7) is 1.91. The molecular weight excluding hydrogens is 348 g/mol. The first-order valence-electron chi connectivity index (χ1n) is 8.43. The Balaban J connectivity index is 1.70. The van der Waals surface area contributed by atoms with E-state index < -0.39 is 11.9 Å². The van der Waals surface area contributed by atoms with Gasteiger partial charge in [0.15, 0.2) is 0 Å². The third-order valence-corrected chi connectivity index (χ3v) is 4.63. The van der Waals surface area contributed by atoms with Crippen LogP contribution in [0, 0.1) is 5.82 Å². The first-order valence-corrected chi connectivity index (χ1v) is 8.43. The molecular formula is C18H20F4N4. The van der Waals surface area contributed by atoms with E-state index in [4.69, 9.17) is 0 Å². The van der Waals surface area contributed by atoms with Gasteiger partial charge in [0.25, 0.3) is 0 Å². The molecule has 1 atom stereocenters. The lowest BCUT2D eigenvalue weighted by Crippen LogP contribution is -2.47. The second kappa shape index (κ2) is 7.57. The molecule has 26 heavy (non-hydrogen) atoms. The molecule has 140 valence electrons. The molecule has 3 rings (SSSR count). The zero-order valence-corrected chi connectivity index (χ0v) is 14.4. The van der Waals surface area contributed by atoms with E-state index in [0.717, 1.165) is 31.6 Å². The molecule has 1 saturated heterocycles. The highest BCUT2D eigenvalue weighted by molar-refractivity contribution is 5.32. The molecule has 0 spiro atoms. The number of nitrogens with zero attached hydrogens (tertiary/aromatic N) is 4. The summed E-state index contributed by atoms with van der Waals surface area (Å²) >= 11 is 0. The lowest BCUT2D eigenvalue weighted by Gasteiger charge is -2.37. The van der Waals surface area contributed by atoms with Crippen LogP contribution in [0.5, 0.6) is 0 Å². The third-order valence-electron chi connectivity index (χ3n) is 4.63. The van der Waals surface area contributed by atoms with Crippen molar-refractivity contribution in [3.8, 4) is 0 Å². The van der Waals surface area contributed by atoms with Crippen molar-refractivity contribution < 1.29 is 17.6 Å². The van der Waals surface area contributed by atoms with E-state index in [0.29, 0.717) is 18.7 Å². The van der Waals surface area contributed by atoms with Gasteiger partial charge in [0.1, 0.15) is 11.5 Å². The van der Waals surface area contributed by atoms with Crippen LogP contribution in [0.15, 0.2) is 36.5 Å². The topological polar surface area (TPSA) is 32.3 Å². The fourth-order valence-corrected chi connectivity index (χ4v) is 3.20. The summed E-state index contributed by atoms with van der Waals surface area (Å²) in [5.41, 5.74) is -0.334. The van der Waals surface area contributed by atoms with Gasteiger partial charge in [0, 0.05) is 37.9 Å². The van der Waals surface area contributed by atoms with Gasteiger partial charge in [-0.25, -0.2) is 14.4 Å². The molecule has 0 aliphatic carbocycles. The lowest BCUT2D eigenvalue weighted by molar-refractivity contribution is -0.141. The number of alkyl halides is 3. The Bertz CT molecular complexity index is 750. The molecule has 2 heterocycles. The van der Waals surface area contributed by atoms with Gasteiger partial charge in [0.05, 0.1) is 0 Å². The Hall–Kier alpha value is -2.22. The molecule has 1 aromatic heterocycles. The highest BCUT2D eigenvalue weighted by atomic mass is 19.4. The number of piperidine rings is 1. The molecule has 1 aromatic carbocycles. The van der Waals surface area contributed by atoms with Crippen LogP contribution in [0.1, 0.15) is 24.1 Å². The second-order valence-electron chi connectivity index (χ2n) is 6.47. The Morgan fingerprint density at radius 1 is 1.23 bits per heavy atom. The van der Waals surface area contributed by atoms with E-state index in [1.807, 2.05) is 0 Å². The van der Waals surface area contributed by atoms with Gasteiger partial charge in [-0.05, 0) is 31.5 Å². The van der Waals surface area contributed by atoms with E-state index in [1.54, 1.807) is 30.1 Å². The van der Waals surface area contributed by atoms with Crippen LogP contribution in [-0.2, 0) is 12.7 Å². The number of likely N-dealkylation sites (N-methyl/N-ethyl adjacent to an activating group) is 1. The largest absolute Gasteiger partial charge is 0.433 e. The van der Waals surface area contributed by atoms with Crippen LogP contribution in [0.25, 0.3) is 0 Å². The Kier molecular flexibility index (Phi) is 5.41. The third kappa shape index (κ3) is 4.30. The highest BCUT2D eigenvalue weighted by Gasteiger charge is 2.34. The minimum absolute atomic E-state index is 0.0287. The molecule has 8 heteroatoms. The fourth-order valence-electron chi connectivity index (χ4n) is 3.20. The van der Waals surface area contributed by atoms with E-state index in [2.05, 4.69) is 14.9 Å². The highest BCUT2D eigenvalue weighted by Crippen LogP contribution is 2.29. The molecule has 1 aliphatic heterocycles. The normalized spacial score (nSPS) is 18.7. The summed E-state index contributed by atoms with van der Waals surface area (Å²) in [4.78, 5) is 11.4. The van der Waals surface area contributed by atoms with Crippen LogP contribution < -0.4 is 4.90 Å². The Morgan fingerprint density at radius 3 is 2.73 bits per heavy atom. The quantitative estimate of drug-likeness (QED) is 0.770. The van der Waals surface area contributed by atoms with Gasteiger partial charge < -0.3 is 4.90 Å². The van der Waals surface area contributed by atoms with Crippen molar-refractivity contribution in [2.45, 2.75) is 31.6 Å². The molecule has 2 aromatic rings. The number of halogens is 4. The van der Waals surface area contributed by atoms with Gasteiger partial charge in [-0.1, -0.05) is 18.2 Å². The first kappa shape index (κ1) is 18.6. The molecule has 0 amide bonds. The van der Waals surface area contributed by atoms with Crippen molar-refractivity contribution in [1.29, 1.82) is 0 Å².